The summed E-state index contributed by atoms with van der Waals surface area (Å²) in [5.74, 6) is -0.248. The second-order valence-corrected chi connectivity index (χ2v) is 5.84. The van der Waals surface area contributed by atoms with Crippen molar-refractivity contribution in [3.8, 4) is 0 Å². The van der Waals surface area contributed by atoms with Crippen molar-refractivity contribution in [3.05, 3.63) is 69.8 Å². The lowest BCUT2D eigenvalue weighted by molar-refractivity contribution is -0.384. The largest absolute Gasteiger partial charge is 0.323 e. The fraction of sp³-hybridized carbons (Fsp3) is 0.0667. The van der Waals surface area contributed by atoms with Crippen LogP contribution < -0.4 is 5.32 Å². The molecule has 6 nitrogen and oxygen atoms in total. The molecule has 2 aromatic rings. The van der Waals surface area contributed by atoms with Crippen molar-refractivity contribution in [2.24, 2.45) is 4.99 Å². The Labute approximate surface area is 139 Å². The number of anilines is 1. The number of benzodiazepines with no additional fused rings is 1. The minimum atomic E-state index is -0.598. The first-order chi connectivity index (χ1) is 10.6. The SMILES string of the molecule is O=C1Nc2ccc([N+](=O)[O-])cc2C(c2ccccc2)=NC1I. The number of aliphatic imine (C=N–C) groups is 1. The Morgan fingerprint density at radius 1 is 1.18 bits per heavy atom. The molecule has 0 radical (unpaired) electrons. The zero-order valence-corrected chi connectivity index (χ0v) is 13.4. The van der Waals surface area contributed by atoms with Crippen LogP contribution >= 0.6 is 22.6 Å². The summed E-state index contributed by atoms with van der Waals surface area (Å²) >= 11 is 1.94. The number of amides is 1. The number of benzene rings is 2. The maximum Gasteiger partial charge on any atom is 0.270 e. The van der Waals surface area contributed by atoms with Crippen molar-refractivity contribution in [1.82, 2.24) is 0 Å². The molecule has 1 aliphatic heterocycles. The van der Waals surface area contributed by atoms with Crippen LogP contribution in [0.4, 0.5) is 11.4 Å². The number of non-ortho nitro benzene ring substituents is 1. The first kappa shape index (κ1) is 14.6. The van der Waals surface area contributed by atoms with E-state index in [0.717, 1.165) is 5.56 Å². The number of fused-ring (bicyclic) bond motifs is 1. The lowest BCUT2D eigenvalue weighted by Gasteiger charge is -2.09. The van der Waals surface area contributed by atoms with Gasteiger partial charge in [-0.05, 0) is 28.7 Å². The zero-order chi connectivity index (χ0) is 15.7. The molecule has 22 heavy (non-hydrogen) atoms. The van der Waals surface area contributed by atoms with Crippen LogP contribution in [-0.4, -0.2) is 20.6 Å². The number of carbonyl (C=O) groups is 1. The summed E-state index contributed by atoms with van der Waals surface area (Å²) in [6.45, 7) is 0. The Bertz CT molecular complexity index is 790. The van der Waals surface area contributed by atoms with Gasteiger partial charge < -0.3 is 5.32 Å². The molecule has 2 aromatic carbocycles. The van der Waals surface area contributed by atoms with Crippen LogP contribution in [-0.2, 0) is 4.79 Å². The molecule has 1 unspecified atom stereocenters. The molecule has 0 bridgehead atoms. The highest BCUT2D eigenvalue weighted by atomic mass is 127. The van der Waals surface area contributed by atoms with Crippen molar-refractivity contribution in [1.29, 1.82) is 0 Å². The number of nitrogens with zero attached hydrogens (tertiary/aromatic N) is 2. The Hall–Kier alpha value is -2.29. The molecule has 1 atom stereocenters. The van der Waals surface area contributed by atoms with Crippen LogP contribution in [0.5, 0.6) is 0 Å². The van der Waals surface area contributed by atoms with Crippen molar-refractivity contribution in [3.63, 3.8) is 0 Å². The van der Waals surface area contributed by atoms with E-state index in [0.29, 0.717) is 17.0 Å². The number of hydrogen-bond donors (Lipinski definition) is 1. The quantitative estimate of drug-likeness (QED) is 0.273. The van der Waals surface area contributed by atoms with Gasteiger partial charge in [0.2, 0.25) is 0 Å². The zero-order valence-electron chi connectivity index (χ0n) is 11.2. The molecule has 1 aliphatic rings. The van der Waals surface area contributed by atoms with Crippen molar-refractivity contribution >= 4 is 45.6 Å². The van der Waals surface area contributed by atoms with Crippen molar-refractivity contribution < 1.29 is 9.72 Å². The minimum absolute atomic E-state index is 0.0384. The van der Waals surface area contributed by atoms with E-state index in [4.69, 9.17) is 0 Å². The van der Waals surface area contributed by atoms with E-state index < -0.39 is 8.97 Å². The monoisotopic (exact) mass is 407 g/mol. The summed E-state index contributed by atoms with van der Waals surface area (Å²) in [5, 5.41) is 13.8. The summed E-state index contributed by atoms with van der Waals surface area (Å²) < 4.78 is -0.598. The molecular formula is C15H10IN3O3. The molecule has 1 N–H and O–H groups in total. The highest BCUT2D eigenvalue weighted by Gasteiger charge is 2.25. The van der Waals surface area contributed by atoms with E-state index >= 15 is 0 Å². The Kier molecular flexibility index (Phi) is 3.88. The molecule has 7 heteroatoms. The van der Waals surface area contributed by atoms with Crippen LogP contribution in [0.3, 0.4) is 0 Å². The fourth-order valence-corrected chi connectivity index (χ4v) is 2.64. The minimum Gasteiger partial charge on any atom is -0.323 e. The first-order valence-corrected chi connectivity index (χ1v) is 7.68. The van der Waals surface area contributed by atoms with Gasteiger partial charge in [-0.2, -0.15) is 0 Å². The molecule has 0 saturated heterocycles. The lowest BCUT2D eigenvalue weighted by atomic mass is 10.00. The number of alkyl halides is 1. The number of nitro groups is 1. The Morgan fingerprint density at radius 3 is 2.59 bits per heavy atom. The number of hydrogen-bond acceptors (Lipinski definition) is 4. The lowest BCUT2D eigenvalue weighted by Crippen LogP contribution is -2.19. The van der Waals surface area contributed by atoms with Crippen LogP contribution in [0.2, 0.25) is 0 Å². The van der Waals surface area contributed by atoms with E-state index in [2.05, 4.69) is 10.3 Å². The second-order valence-electron chi connectivity index (χ2n) is 4.66. The number of rotatable bonds is 2. The number of carbonyl (C=O) groups excluding carboxylic acids is 1. The van der Waals surface area contributed by atoms with Gasteiger partial charge in [0.15, 0.2) is 4.05 Å². The third-order valence-electron chi connectivity index (χ3n) is 3.23. The molecule has 0 fully saturated rings. The standard InChI is InChI=1S/C15H10IN3O3/c16-14-15(20)17-12-7-6-10(19(21)22)8-11(12)13(18-14)9-4-2-1-3-5-9/h1-8,14H,(H,17,20). The molecule has 1 heterocycles. The summed E-state index contributed by atoms with van der Waals surface area (Å²) in [6.07, 6.45) is 0. The molecule has 0 spiro atoms. The molecule has 0 aliphatic carbocycles. The highest BCUT2D eigenvalue weighted by molar-refractivity contribution is 14.1. The summed E-state index contributed by atoms with van der Waals surface area (Å²) in [4.78, 5) is 27.0. The van der Waals surface area contributed by atoms with Crippen LogP contribution in [0.15, 0.2) is 53.5 Å². The normalized spacial score (nSPS) is 17.0. The molecular weight excluding hydrogens is 397 g/mol. The van der Waals surface area contributed by atoms with E-state index in [-0.39, 0.29) is 11.6 Å². The van der Waals surface area contributed by atoms with Gasteiger partial charge in [0, 0.05) is 23.3 Å². The molecule has 0 aromatic heterocycles. The third-order valence-corrected chi connectivity index (χ3v) is 4.08. The maximum atomic E-state index is 12.0. The van der Waals surface area contributed by atoms with E-state index in [1.54, 1.807) is 6.07 Å². The van der Waals surface area contributed by atoms with E-state index in [1.807, 2.05) is 52.9 Å². The van der Waals surface area contributed by atoms with E-state index in [1.165, 1.54) is 12.1 Å². The van der Waals surface area contributed by atoms with Crippen LogP contribution in [0.25, 0.3) is 0 Å². The second kappa shape index (κ2) is 5.84. The van der Waals surface area contributed by atoms with Gasteiger partial charge in [0.1, 0.15) is 0 Å². The molecule has 0 saturated carbocycles. The van der Waals surface area contributed by atoms with Gasteiger partial charge in [0.05, 0.1) is 16.3 Å². The number of nitrogens with one attached hydrogen (secondary N) is 1. The molecule has 3 rings (SSSR count). The van der Waals surface area contributed by atoms with Crippen molar-refractivity contribution in [2.75, 3.05) is 5.32 Å². The number of nitro benzene ring substituents is 1. The highest BCUT2D eigenvalue weighted by Crippen LogP contribution is 2.29. The maximum absolute atomic E-state index is 12.0. The van der Waals surface area contributed by atoms with E-state index in [9.17, 15) is 14.9 Å². The predicted molar refractivity (Wildman–Crippen MR) is 91.6 cm³/mol. The Morgan fingerprint density at radius 2 is 1.91 bits per heavy atom. The average Bonchev–Trinajstić information content (AvgIpc) is 2.65. The topological polar surface area (TPSA) is 84.6 Å². The summed E-state index contributed by atoms with van der Waals surface area (Å²) in [6, 6.07) is 13.7. The van der Waals surface area contributed by atoms with Crippen LogP contribution in [0.1, 0.15) is 11.1 Å². The van der Waals surface area contributed by atoms with Gasteiger partial charge in [-0.3, -0.25) is 19.9 Å². The molecule has 110 valence electrons. The smallest absolute Gasteiger partial charge is 0.270 e. The fourth-order valence-electron chi connectivity index (χ4n) is 2.21. The van der Waals surface area contributed by atoms with Gasteiger partial charge in [-0.25, -0.2) is 0 Å². The van der Waals surface area contributed by atoms with Gasteiger partial charge >= 0.3 is 0 Å². The number of halogens is 1. The predicted octanol–water partition coefficient (Wildman–Crippen LogP) is 3.15. The average molecular weight is 407 g/mol. The molecule has 1 amide bonds. The van der Waals surface area contributed by atoms with Crippen molar-refractivity contribution in [2.45, 2.75) is 4.05 Å². The summed E-state index contributed by atoms with van der Waals surface area (Å²) in [7, 11) is 0. The summed E-state index contributed by atoms with van der Waals surface area (Å²) in [5.41, 5.74) is 2.41. The van der Waals surface area contributed by atoms with Gasteiger partial charge in [0.25, 0.3) is 11.6 Å². The third kappa shape index (κ3) is 2.71. The van der Waals surface area contributed by atoms with Gasteiger partial charge in [-0.15, -0.1) is 0 Å². The Balaban J connectivity index is 2.24. The van der Waals surface area contributed by atoms with Gasteiger partial charge in [-0.1, -0.05) is 30.3 Å². The first-order valence-electron chi connectivity index (χ1n) is 6.43. The van der Waals surface area contributed by atoms with Crippen LogP contribution in [0, 0.1) is 10.1 Å².